The molecule has 0 radical (unpaired) electrons. The minimum absolute atomic E-state index is 0.118. The molecule has 0 saturated carbocycles. The molecule has 16 heavy (non-hydrogen) atoms. The van der Waals surface area contributed by atoms with Crippen molar-refractivity contribution in [1.82, 2.24) is 4.98 Å². The van der Waals surface area contributed by atoms with Crippen LogP contribution in [0.2, 0.25) is 0 Å². The van der Waals surface area contributed by atoms with E-state index in [0.717, 1.165) is 35.7 Å². The largest absolute Gasteiger partial charge is 0.384 e. The van der Waals surface area contributed by atoms with Gasteiger partial charge >= 0.3 is 0 Å². The van der Waals surface area contributed by atoms with Crippen molar-refractivity contribution in [2.24, 2.45) is 5.73 Å². The summed E-state index contributed by atoms with van der Waals surface area (Å²) in [6, 6.07) is 2.04. The highest BCUT2D eigenvalue weighted by molar-refractivity contribution is 6.01. The molecule has 1 aromatic rings. The SMILES string of the molecule is Cc1cc(N2CCCC2)c(C(=N)N)c(C)n1. The van der Waals surface area contributed by atoms with E-state index < -0.39 is 0 Å². The minimum atomic E-state index is 0.118. The fourth-order valence-electron chi connectivity index (χ4n) is 2.35. The monoisotopic (exact) mass is 218 g/mol. The lowest BCUT2D eigenvalue weighted by molar-refractivity contribution is 0.949. The van der Waals surface area contributed by atoms with Crippen LogP contribution in [0.5, 0.6) is 0 Å². The van der Waals surface area contributed by atoms with E-state index in [1.165, 1.54) is 12.8 Å². The van der Waals surface area contributed by atoms with Gasteiger partial charge in [0.25, 0.3) is 0 Å². The molecule has 1 fully saturated rings. The van der Waals surface area contributed by atoms with Gasteiger partial charge in [-0.2, -0.15) is 0 Å². The van der Waals surface area contributed by atoms with E-state index in [1.807, 2.05) is 19.9 Å². The molecule has 0 bridgehead atoms. The van der Waals surface area contributed by atoms with Crippen molar-refractivity contribution >= 4 is 11.5 Å². The average Bonchev–Trinajstić information content (AvgIpc) is 2.67. The summed E-state index contributed by atoms with van der Waals surface area (Å²) in [6.45, 7) is 6.02. The van der Waals surface area contributed by atoms with E-state index in [0.29, 0.717) is 0 Å². The van der Waals surface area contributed by atoms with Gasteiger partial charge in [0, 0.05) is 18.8 Å². The van der Waals surface area contributed by atoms with Crippen LogP contribution in [0.1, 0.15) is 29.8 Å². The second-order valence-electron chi connectivity index (χ2n) is 4.35. The molecule has 4 nitrogen and oxygen atoms in total. The Hall–Kier alpha value is -1.58. The fourth-order valence-corrected chi connectivity index (χ4v) is 2.35. The van der Waals surface area contributed by atoms with Crippen LogP contribution < -0.4 is 10.6 Å². The molecule has 0 aliphatic carbocycles. The van der Waals surface area contributed by atoms with Crippen LogP contribution in [0.3, 0.4) is 0 Å². The van der Waals surface area contributed by atoms with Gasteiger partial charge in [-0.05, 0) is 32.8 Å². The summed E-state index contributed by atoms with van der Waals surface area (Å²) in [5.41, 5.74) is 9.37. The molecule has 86 valence electrons. The van der Waals surface area contributed by atoms with E-state index in [9.17, 15) is 0 Å². The van der Waals surface area contributed by atoms with Crippen LogP contribution in [0, 0.1) is 19.3 Å². The third-order valence-corrected chi connectivity index (χ3v) is 3.02. The number of aryl methyl sites for hydroxylation is 2. The van der Waals surface area contributed by atoms with Crippen LogP contribution in [-0.2, 0) is 0 Å². The predicted octanol–water partition coefficient (Wildman–Crippen LogP) is 1.58. The first-order valence-electron chi connectivity index (χ1n) is 5.67. The Labute approximate surface area is 96.0 Å². The summed E-state index contributed by atoms with van der Waals surface area (Å²) in [5, 5.41) is 7.66. The van der Waals surface area contributed by atoms with Crippen LogP contribution in [0.4, 0.5) is 5.69 Å². The Morgan fingerprint density at radius 1 is 1.38 bits per heavy atom. The number of aromatic nitrogens is 1. The van der Waals surface area contributed by atoms with Gasteiger partial charge in [0.2, 0.25) is 0 Å². The zero-order chi connectivity index (χ0) is 11.7. The van der Waals surface area contributed by atoms with Crippen LogP contribution in [0.15, 0.2) is 6.07 Å². The summed E-state index contributed by atoms with van der Waals surface area (Å²) < 4.78 is 0. The quantitative estimate of drug-likeness (QED) is 0.585. The molecule has 4 heteroatoms. The van der Waals surface area contributed by atoms with Crippen molar-refractivity contribution in [3.05, 3.63) is 23.0 Å². The normalized spacial score (nSPS) is 15.5. The molecule has 1 aliphatic heterocycles. The van der Waals surface area contributed by atoms with Gasteiger partial charge in [0.05, 0.1) is 16.9 Å². The van der Waals surface area contributed by atoms with Crippen LogP contribution in [0.25, 0.3) is 0 Å². The molecule has 0 unspecified atom stereocenters. The third kappa shape index (κ3) is 1.87. The molecular formula is C12H18N4. The lowest BCUT2D eigenvalue weighted by Crippen LogP contribution is -2.24. The van der Waals surface area contributed by atoms with Gasteiger partial charge in [-0.3, -0.25) is 10.4 Å². The Morgan fingerprint density at radius 3 is 2.56 bits per heavy atom. The van der Waals surface area contributed by atoms with Crippen LogP contribution >= 0.6 is 0 Å². The van der Waals surface area contributed by atoms with Gasteiger partial charge in [0.1, 0.15) is 5.84 Å². The highest BCUT2D eigenvalue weighted by Gasteiger charge is 2.19. The number of rotatable bonds is 2. The van der Waals surface area contributed by atoms with Crippen molar-refractivity contribution in [2.45, 2.75) is 26.7 Å². The van der Waals surface area contributed by atoms with Crippen LogP contribution in [-0.4, -0.2) is 23.9 Å². The molecule has 0 spiro atoms. The van der Waals surface area contributed by atoms with Gasteiger partial charge in [-0.25, -0.2) is 0 Å². The number of amidine groups is 1. The fraction of sp³-hybridized carbons (Fsp3) is 0.500. The first-order valence-corrected chi connectivity index (χ1v) is 5.67. The highest BCUT2D eigenvalue weighted by atomic mass is 15.1. The maximum Gasteiger partial charge on any atom is 0.126 e. The van der Waals surface area contributed by atoms with E-state index in [1.54, 1.807) is 0 Å². The second kappa shape index (κ2) is 4.12. The van der Waals surface area contributed by atoms with Crippen molar-refractivity contribution in [1.29, 1.82) is 5.41 Å². The average molecular weight is 218 g/mol. The topological polar surface area (TPSA) is 66.0 Å². The maximum absolute atomic E-state index is 7.66. The molecule has 0 aromatic carbocycles. The Morgan fingerprint density at radius 2 is 2.00 bits per heavy atom. The summed E-state index contributed by atoms with van der Waals surface area (Å²) in [4.78, 5) is 6.68. The van der Waals surface area contributed by atoms with Gasteiger partial charge in [0.15, 0.2) is 0 Å². The van der Waals surface area contributed by atoms with Crippen molar-refractivity contribution in [3.63, 3.8) is 0 Å². The highest BCUT2D eigenvalue weighted by Crippen LogP contribution is 2.26. The number of hydrogen-bond acceptors (Lipinski definition) is 3. The van der Waals surface area contributed by atoms with E-state index >= 15 is 0 Å². The molecular weight excluding hydrogens is 200 g/mol. The molecule has 0 atom stereocenters. The molecule has 0 amide bonds. The van der Waals surface area contributed by atoms with Gasteiger partial charge < -0.3 is 10.6 Å². The number of nitrogens with one attached hydrogen (secondary N) is 1. The number of nitrogens with two attached hydrogens (primary N) is 1. The Balaban J connectivity index is 2.52. The number of nitrogen functional groups attached to an aromatic ring is 1. The predicted molar refractivity (Wildman–Crippen MR) is 66.2 cm³/mol. The zero-order valence-corrected chi connectivity index (χ0v) is 9.88. The maximum atomic E-state index is 7.66. The number of nitrogens with zero attached hydrogens (tertiary/aromatic N) is 2. The molecule has 1 aromatic heterocycles. The Bertz CT molecular complexity index is 419. The molecule has 1 aliphatic rings. The van der Waals surface area contributed by atoms with E-state index in [4.69, 9.17) is 11.1 Å². The summed E-state index contributed by atoms with van der Waals surface area (Å²) in [5.74, 6) is 0.118. The number of anilines is 1. The van der Waals surface area contributed by atoms with E-state index in [-0.39, 0.29) is 5.84 Å². The zero-order valence-electron chi connectivity index (χ0n) is 9.88. The smallest absolute Gasteiger partial charge is 0.126 e. The standard InChI is InChI=1S/C12H18N4/c1-8-7-10(16-5-3-4-6-16)11(12(13)14)9(2)15-8/h7H,3-6H2,1-2H3,(H3,13,14). The summed E-state index contributed by atoms with van der Waals surface area (Å²) in [6.07, 6.45) is 2.44. The van der Waals surface area contributed by atoms with Crippen molar-refractivity contribution < 1.29 is 0 Å². The lowest BCUT2D eigenvalue weighted by Gasteiger charge is -2.22. The van der Waals surface area contributed by atoms with Crippen molar-refractivity contribution in [2.75, 3.05) is 18.0 Å². The van der Waals surface area contributed by atoms with Crippen molar-refractivity contribution in [3.8, 4) is 0 Å². The second-order valence-corrected chi connectivity index (χ2v) is 4.35. The van der Waals surface area contributed by atoms with E-state index in [2.05, 4.69) is 9.88 Å². The first kappa shape index (κ1) is 10.9. The summed E-state index contributed by atoms with van der Waals surface area (Å²) in [7, 11) is 0. The molecule has 3 N–H and O–H groups in total. The molecule has 2 rings (SSSR count). The molecule has 1 saturated heterocycles. The first-order chi connectivity index (χ1) is 7.59. The summed E-state index contributed by atoms with van der Waals surface area (Å²) >= 11 is 0. The Kier molecular flexibility index (Phi) is 2.81. The van der Waals surface area contributed by atoms with Gasteiger partial charge in [-0.1, -0.05) is 0 Å². The number of hydrogen-bond donors (Lipinski definition) is 2. The number of pyridine rings is 1. The van der Waals surface area contributed by atoms with Gasteiger partial charge in [-0.15, -0.1) is 0 Å². The molecule has 2 heterocycles. The third-order valence-electron chi connectivity index (χ3n) is 3.02. The lowest BCUT2D eigenvalue weighted by atomic mass is 10.1. The minimum Gasteiger partial charge on any atom is -0.384 e.